The van der Waals surface area contributed by atoms with Gasteiger partial charge in [-0.05, 0) is 86.3 Å². The first-order valence-corrected chi connectivity index (χ1v) is 14.9. The van der Waals surface area contributed by atoms with Crippen LogP contribution in [-0.2, 0) is 16.6 Å². The standard InChI is InChI=1S/C28H34N4O4S/c33-16-17-37(35,36)30-21-6-7-23(26(18-21)31-14-11-28(9-10-28)12-15-31)27(34)29-24-2-1-3-25-22(24)8-13-32(25)19-20-4-5-20/h1-3,6-8,13,18,20,30,33H,4-5,9-12,14-17,19H2,(H,29,34). The number of carbonyl (C=O) groups excluding carboxylic acids is 1. The van der Waals surface area contributed by atoms with Gasteiger partial charge in [0.05, 0.1) is 40.5 Å². The maximum absolute atomic E-state index is 13.6. The molecule has 1 spiro atoms. The van der Waals surface area contributed by atoms with Crippen molar-refractivity contribution in [1.82, 2.24) is 4.57 Å². The third-order valence-electron chi connectivity index (χ3n) is 8.21. The Morgan fingerprint density at radius 3 is 2.54 bits per heavy atom. The second-order valence-electron chi connectivity index (χ2n) is 11.0. The lowest BCUT2D eigenvalue weighted by Crippen LogP contribution is -2.35. The highest BCUT2D eigenvalue weighted by molar-refractivity contribution is 7.92. The van der Waals surface area contributed by atoms with Crippen LogP contribution in [0.3, 0.4) is 0 Å². The van der Waals surface area contributed by atoms with Crippen molar-refractivity contribution in [3.05, 3.63) is 54.2 Å². The second-order valence-corrected chi connectivity index (χ2v) is 12.8. The van der Waals surface area contributed by atoms with Crippen molar-refractivity contribution in [2.75, 3.05) is 40.4 Å². The molecule has 0 atom stereocenters. The van der Waals surface area contributed by atoms with Crippen LogP contribution in [0.2, 0.25) is 0 Å². The minimum Gasteiger partial charge on any atom is -0.395 e. The topological polar surface area (TPSA) is 104 Å². The number of benzene rings is 2. The number of nitrogens with zero attached hydrogens (tertiary/aromatic N) is 2. The van der Waals surface area contributed by atoms with Gasteiger partial charge in [0.2, 0.25) is 10.0 Å². The van der Waals surface area contributed by atoms with E-state index >= 15 is 0 Å². The van der Waals surface area contributed by atoms with Crippen molar-refractivity contribution >= 4 is 43.9 Å². The molecule has 1 aliphatic heterocycles. The molecule has 3 aromatic rings. The number of fused-ring (bicyclic) bond motifs is 1. The average molecular weight is 523 g/mol. The number of aliphatic hydroxyl groups is 1. The quantitative estimate of drug-likeness (QED) is 0.386. The van der Waals surface area contributed by atoms with Crippen LogP contribution in [0.15, 0.2) is 48.7 Å². The lowest BCUT2D eigenvalue weighted by molar-refractivity contribution is 0.102. The van der Waals surface area contributed by atoms with E-state index in [0.29, 0.717) is 16.7 Å². The van der Waals surface area contributed by atoms with Crippen molar-refractivity contribution in [1.29, 1.82) is 0 Å². The van der Waals surface area contributed by atoms with E-state index in [4.69, 9.17) is 5.11 Å². The molecule has 0 radical (unpaired) electrons. The minimum atomic E-state index is -3.67. The van der Waals surface area contributed by atoms with Gasteiger partial charge in [0.15, 0.2) is 0 Å². The summed E-state index contributed by atoms with van der Waals surface area (Å²) in [5.41, 5.74) is 4.01. The highest BCUT2D eigenvalue weighted by atomic mass is 32.2. The fourth-order valence-corrected chi connectivity index (χ4v) is 6.39. The highest BCUT2D eigenvalue weighted by Gasteiger charge is 2.44. The molecule has 1 saturated heterocycles. The van der Waals surface area contributed by atoms with Crippen molar-refractivity contribution in [2.24, 2.45) is 11.3 Å². The maximum atomic E-state index is 13.6. The number of piperidine rings is 1. The van der Waals surface area contributed by atoms with E-state index in [0.717, 1.165) is 60.7 Å². The maximum Gasteiger partial charge on any atom is 0.257 e. The zero-order chi connectivity index (χ0) is 25.6. The number of aromatic nitrogens is 1. The summed E-state index contributed by atoms with van der Waals surface area (Å²) in [5, 5.41) is 13.2. The van der Waals surface area contributed by atoms with E-state index in [1.54, 1.807) is 18.2 Å². The van der Waals surface area contributed by atoms with E-state index in [2.05, 4.69) is 37.8 Å². The van der Waals surface area contributed by atoms with Crippen molar-refractivity contribution in [3.63, 3.8) is 0 Å². The first kappa shape index (κ1) is 24.3. The van der Waals surface area contributed by atoms with Crippen molar-refractivity contribution in [3.8, 4) is 0 Å². The zero-order valence-electron chi connectivity index (χ0n) is 20.9. The summed E-state index contributed by atoms with van der Waals surface area (Å²) in [6, 6.07) is 13.1. The SMILES string of the molecule is O=C(Nc1cccc2c1ccn2CC1CC1)c1ccc(NS(=O)(=O)CCO)cc1N1CCC2(CC1)CC2. The Labute approximate surface area is 217 Å². The third kappa shape index (κ3) is 5.20. The van der Waals surface area contributed by atoms with E-state index in [9.17, 15) is 13.2 Å². The lowest BCUT2D eigenvalue weighted by atomic mass is 9.93. The average Bonchev–Trinajstić information content (AvgIpc) is 3.79. The molecule has 8 nitrogen and oxygen atoms in total. The summed E-state index contributed by atoms with van der Waals surface area (Å²) in [4.78, 5) is 15.8. The van der Waals surface area contributed by atoms with Crippen LogP contribution in [0.4, 0.5) is 17.1 Å². The third-order valence-corrected chi connectivity index (χ3v) is 9.48. The molecular formula is C28H34N4O4S. The summed E-state index contributed by atoms with van der Waals surface area (Å²) < 4.78 is 29.4. The molecule has 2 aliphatic carbocycles. The molecule has 1 amide bonds. The predicted molar refractivity (Wildman–Crippen MR) is 147 cm³/mol. The summed E-state index contributed by atoms with van der Waals surface area (Å²) in [6.07, 6.45) is 9.38. The van der Waals surface area contributed by atoms with Crippen LogP contribution in [0.1, 0.15) is 48.9 Å². The number of amides is 1. The van der Waals surface area contributed by atoms with Crippen LogP contribution >= 0.6 is 0 Å². The molecule has 0 bridgehead atoms. The molecule has 6 rings (SSSR count). The Bertz CT molecular complexity index is 1430. The summed E-state index contributed by atoms with van der Waals surface area (Å²) in [6.45, 7) is 2.24. The molecule has 3 N–H and O–H groups in total. The van der Waals surface area contributed by atoms with Crippen LogP contribution in [0.25, 0.3) is 10.9 Å². The molecule has 2 aromatic carbocycles. The fourth-order valence-electron chi connectivity index (χ4n) is 5.56. The van der Waals surface area contributed by atoms with Gasteiger partial charge in [-0.15, -0.1) is 0 Å². The molecule has 37 heavy (non-hydrogen) atoms. The molecule has 1 aromatic heterocycles. The smallest absolute Gasteiger partial charge is 0.257 e. The monoisotopic (exact) mass is 522 g/mol. The largest absolute Gasteiger partial charge is 0.395 e. The van der Waals surface area contributed by atoms with Crippen LogP contribution in [0, 0.1) is 11.3 Å². The number of hydrogen-bond acceptors (Lipinski definition) is 5. The summed E-state index contributed by atoms with van der Waals surface area (Å²) in [5.74, 6) is 0.166. The Morgan fingerprint density at radius 1 is 1.05 bits per heavy atom. The molecule has 2 heterocycles. The molecule has 0 unspecified atom stereocenters. The Balaban J connectivity index is 1.29. The van der Waals surface area contributed by atoms with Crippen molar-refractivity contribution in [2.45, 2.75) is 45.1 Å². The van der Waals surface area contributed by atoms with Gasteiger partial charge < -0.3 is 19.9 Å². The van der Waals surface area contributed by atoms with Gasteiger partial charge in [-0.25, -0.2) is 8.42 Å². The zero-order valence-corrected chi connectivity index (χ0v) is 21.8. The number of anilines is 3. The predicted octanol–water partition coefficient (Wildman–Crippen LogP) is 4.42. The normalized spacial score (nSPS) is 18.8. The van der Waals surface area contributed by atoms with Gasteiger partial charge in [-0.1, -0.05) is 6.07 Å². The first-order chi connectivity index (χ1) is 17.8. The van der Waals surface area contributed by atoms with Crippen LogP contribution in [0.5, 0.6) is 0 Å². The Kier molecular flexibility index (Phi) is 6.15. The van der Waals surface area contributed by atoms with Crippen LogP contribution < -0.4 is 14.9 Å². The van der Waals surface area contributed by atoms with Gasteiger partial charge in [0.1, 0.15) is 0 Å². The van der Waals surface area contributed by atoms with Gasteiger partial charge in [0, 0.05) is 31.2 Å². The van der Waals surface area contributed by atoms with E-state index < -0.39 is 16.6 Å². The minimum absolute atomic E-state index is 0.214. The molecule has 196 valence electrons. The number of nitrogens with one attached hydrogen (secondary N) is 2. The van der Waals surface area contributed by atoms with Gasteiger partial charge >= 0.3 is 0 Å². The number of sulfonamides is 1. The molecule has 2 saturated carbocycles. The number of carbonyl (C=O) groups is 1. The van der Waals surface area contributed by atoms with Crippen LogP contribution in [-0.4, -0.2) is 49.4 Å². The molecule has 9 heteroatoms. The fraction of sp³-hybridized carbons (Fsp3) is 0.464. The van der Waals surface area contributed by atoms with E-state index in [1.165, 1.54) is 25.7 Å². The summed E-state index contributed by atoms with van der Waals surface area (Å²) in [7, 11) is -3.67. The van der Waals surface area contributed by atoms with Crippen molar-refractivity contribution < 1.29 is 18.3 Å². The second kappa shape index (κ2) is 9.36. The first-order valence-electron chi connectivity index (χ1n) is 13.2. The van der Waals surface area contributed by atoms with E-state index in [1.807, 2.05) is 12.1 Å². The number of aliphatic hydroxyl groups excluding tert-OH is 1. The lowest BCUT2D eigenvalue weighted by Gasteiger charge is -2.35. The van der Waals surface area contributed by atoms with E-state index in [-0.39, 0.29) is 11.7 Å². The Morgan fingerprint density at radius 2 is 1.84 bits per heavy atom. The molecule has 3 fully saturated rings. The number of rotatable bonds is 9. The van der Waals surface area contributed by atoms with Gasteiger partial charge in [-0.3, -0.25) is 9.52 Å². The Hall–Kier alpha value is -3.04. The highest BCUT2D eigenvalue weighted by Crippen LogP contribution is 2.54. The van der Waals surface area contributed by atoms with Gasteiger partial charge in [-0.2, -0.15) is 0 Å². The molecule has 3 aliphatic rings. The molecular weight excluding hydrogens is 488 g/mol. The van der Waals surface area contributed by atoms with Gasteiger partial charge in [0.25, 0.3) is 5.91 Å². The summed E-state index contributed by atoms with van der Waals surface area (Å²) >= 11 is 0. The number of hydrogen-bond donors (Lipinski definition) is 3.